The Hall–Kier alpha value is -3.78. The molecule has 1 aromatic carbocycles. The molecule has 1 aliphatic rings. The molecule has 0 aliphatic carbocycles. The van der Waals surface area contributed by atoms with Crippen LogP contribution in [-0.2, 0) is 4.79 Å². The largest absolute Gasteiger partial charge is 0.369 e. The molecule has 33 heavy (non-hydrogen) atoms. The van der Waals surface area contributed by atoms with Gasteiger partial charge in [0, 0.05) is 18.5 Å². The Kier molecular flexibility index (Phi) is 5.75. The molecule has 3 aromatic heterocycles. The Morgan fingerprint density at radius 2 is 2.00 bits per heavy atom. The smallest absolute Gasteiger partial charge is 0.256 e. The number of aromatic nitrogens is 2. The highest BCUT2D eigenvalue weighted by molar-refractivity contribution is 7.13. The number of para-hydroxylation sites is 1. The van der Waals surface area contributed by atoms with E-state index in [0.29, 0.717) is 17.8 Å². The van der Waals surface area contributed by atoms with E-state index in [1.807, 2.05) is 60.0 Å². The third kappa shape index (κ3) is 4.42. The minimum absolute atomic E-state index is 0.155. The van der Waals surface area contributed by atoms with Crippen molar-refractivity contribution in [3.8, 4) is 10.6 Å². The van der Waals surface area contributed by atoms with Crippen LogP contribution in [0.2, 0.25) is 0 Å². The second-order valence-electron chi connectivity index (χ2n) is 8.10. The number of primary amides is 1. The SMILES string of the molecule is NC(=O)C1CCCN(c2ccc(NC(=O)c3cc(-c4cccs4)nc4ccccc34)cn2)C1. The quantitative estimate of drug-likeness (QED) is 0.465. The van der Waals surface area contributed by atoms with E-state index in [4.69, 9.17) is 10.7 Å². The first-order valence-corrected chi connectivity index (χ1v) is 11.7. The Bertz CT molecular complexity index is 1300. The van der Waals surface area contributed by atoms with Crippen molar-refractivity contribution >= 4 is 45.6 Å². The molecular weight excluding hydrogens is 434 g/mol. The number of amides is 2. The summed E-state index contributed by atoms with van der Waals surface area (Å²) in [5, 5.41) is 5.75. The number of hydrogen-bond donors (Lipinski definition) is 2. The fraction of sp³-hybridized carbons (Fsp3) is 0.200. The average molecular weight is 458 g/mol. The van der Waals surface area contributed by atoms with E-state index in [9.17, 15) is 9.59 Å². The zero-order valence-electron chi connectivity index (χ0n) is 17.9. The summed E-state index contributed by atoms with van der Waals surface area (Å²) in [6, 6.07) is 17.1. The highest BCUT2D eigenvalue weighted by atomic mass is 32.1. The summed E-state index contributed by atoms with van der Waals surface area (Å²) in [6.07, 6.45) is 3.35. The first-order chi connectivity index (χ1) is 16.1. The molecule has 1 saturated heterocycles. The number of piperidine rings is 1. The van der Waals surface area contributed by atoms with Crippen LogP contribution in [0, 0.1) is 5.92 Å². The van der Waals surface area contributed by atoms with Crippen molar-refractivity contribution in [3.63, 3.8) is 0 Å². The highest BCUT2D eigenvalue weighted by Gasteiger charge is 2.24. The summed E-state index contributed by atoms with van der Waals surface area (Å²) in [5.41, 5.74) is 8.20. The van der Waals surface area contributed by atoms with Gasteiger partial charge in [0.05, 0.1) is 39.5 Å². The normalized spacial score (nSPS) is 16.0. The lowest BCUT2D eigenvalue weighted by Crippen LogP contribution is -2.41. The van der Waals surface area contributed by atoms with E-state index in [0.717, 1.165) is 46.7 Å². The summed E-state index contributed by atoms with van der Waals surface area (Å²) < 4.78 is 0. The summed E-state index contributed by atoms with van der Waals surface area (Å²) in [4.78, 5) is 37.1. The summed E-state index contributed by atoms with van der Waals surface area (Å²) in [6.45, 7) is 1.40. The van der Waals surface area contributed by atoms with Gasteiger partial charge in [-0.1, -0.05) is 24.3 Å². The Labute approximate surface area is 195 Å². The molecular formula is C25H23N5O2S. The number of thiophene rings is 1. The van der Waals surface area contributed by atoms with Gasteiger partial charge < -0.3 is 16.0 Å². The van der Waals surface area contributed by atoms with E-state index in [1.54, 1.807) is 17.5 Å². The van der Waals surface area contributed by atoms with Crippen molar-refractivity contribution in [3.05, 3.63) is 71.7 Å². The molecule has 0 saturated carbocycles. The monoisotopic (exact) mass is 457 g/mol. The van der Waals surface area contributed by atoms with Crippen LogP contribution in [0.15, 0.2) is 66.2 Å². The van der Waals surface area contributed by atoms with Crippen LogP contribution in [0.5, 0.6) is 0 Å². The second kappa shape index (κ2) is 8.99. The van der Waals surface area contributed by atoms with E-state index >= 15 is 0 Å². The molecule has 0 spiro atoms. The average Bonchev–Trinajstić information content (AvgIpc) is 3.39. The fourth-order valence-corrected chi connectivity index (χ4v) is 4.86. The lowest BCUT2D eigenvalue weighted by atomic mass is 9.97. The topological polar surface area (TPSA) is 101 Å². The molecule has 1 atom stereocenters. The highest BCUT2D eigenvalue weighted by Crippen LogP contribution is 2.28. The van der Waals surface area contributed by atoms with Crippen molar-refractivity contribution in [2.75, 3.05) is 23.3 Å². The van der Waals surface area contributed by atoms with Crippen LogP contribution >= 0.6 is 11.3 Å². The zero-order chi connectivity index (χ0) is 22.8. The van der Waals surface area contributed by atoms with Crippen LogP contribution in [0.3, 0.4) is 0 Å². The minimum Gasteiger partial charge on any atom is -0.369 e. The van der Waals surface area contributed by atoms with Gasteiger partial charge in [-0.3, -0.25) is 9.59 Å². The molecule has 1 unspecified atom stereocenters. The Morgan fingerprint density at radius 3 is 2.76 bits per heavy atom. The Morgan fingerprint density at radius 1 is 1.12 bits per heavy atom. The van der Waals surface area contributed by atoms with Gasteiger partial charge in [-0.2, -0.15) is 0 Å². The number of anilines is 2. The molecule has 1 fully saturated rings. The number of fused-ring (bicyclic) bond motifs is 1. The minimum atomic E-state index is -0.268. The van der Waals surface area contributed by atoms with Crippen LogP contribution in [-0.4, -0.2) is 34.9 Å². The zero-order valence-corrected chi connectivity index (χ0v) is 18.7. The predicted molar refractivity (Wildman–Crippen MR) is 131 cm³/mol. The number of nitrogens with two attached hydrogens (primary N) is 1. The maximum Gasteiger partial charge on any atom is 0.256 e. The van der Waals surface area contributed by atoms with Gasteiger partial charge in [0.25, 0.3) is 5.91 Å². The van der Waals surface area contributed by atoms with E-state index in [2.05, 4.69) is 15.2 Å². The third-order valence-corrected chi connectivity index (χ3v) is 6.78. The van der Waals surface area contributed by atoms with Crippen LogP contribution < -0.4 is 16.0 Å². The number of pyridine rings is 2. The lowest BCUT2D eigenvalue weighted by Gasteiger charge is -2.32. The van der Waals surface area contributed by atoms with Crippen molar-refractivity contribution in [2.45, 2.75) is 12.8 Å². The summed E-state index contributed by atoms with van der Waals surface area (Å²) >= 11 is 1.59. The van der Waals surface area contributed by atoms with Crippen molar-refractivity contribution < 1.29 is 9.59 Å². The number of benzene rings is 1. The first-order valence-electron chi connectivity index (χ1n) is 10.8. The molecule has 1 aliphatic heterocycles. The maximum atomic E-state index is 13.2. The fourth-order valence-electron chi connectivity index (χ4n) is 4.18. The maximum absolute atomic E-state index is 13.2. The molecule has 166 valence electrons. The summed E-state index contributed by atoms with van der Waals surface area (Å²) in [7, 11) is 0. The molecule has 8 heteroatoms. The van der Waals surface area contributed by atoms with Crippen molar-refractivity contribution in [1.82, 2.24) is 9.97 Å². The number of carbonyl (C=O) groups is 2. The molecule has 0 radical (unpaired) electrons. The van der Waals surface area contributed by atoms with Gasteiger partial charge in [-0.05, 0) is 48.6 Å². The van der Waals surface area contributed by atoms with Crippen LogP contribution in [0.1, 0.15) is 23.2 Å². The number of nitrogens with one attached hydrogen (secondary N) is 1. The van der Waals surface area contributed by atoms with Gasteiger partial charge in [0.2, 0.25) is 5.91 Å². The first kappa shape index (κ1) is 21.1. The summed E-state index contributed by atoms with van der Waals surface area (Å²) in [5.74, 6) is 0.133. The van der Waals surface area contributed by atoms with Gasteiger partial charge in [0.1, 0.15) is 5.82 Å². The Balaban J connectivity index is 1.38. The van der Waals surface area contributed by atoms with Crippen molar-refractivity contribution in [1.29, 1.82) is 0 Å². The van der Waals surface area contributed by atoms with Crippen LogP contribution in [0.4, 0.5) is 11.5 Å². The van der Waals surface area contributed by atoms with Gasteiger partial charge in [0.15, 0.2) is 0 Å². The molecule has 0 bridgehead atoms. The van der Waals surface area contributed by atoms with E-state index in [-0.39, 0.29) is 17.7 Å². The number of nitrogens with zero attached hydrogens (tertiary/aromatic N) is 3. The number of rotatable bonds is 5. The molecule has 4 aromatic rings. The van der Waals surface area contributed by atoms with Gasteiger partial charge in [-0.25, -0.2) is 9.97 Å². The predicted octanol–water partition coefficient (Wildman–Crippen LogP) is 4.31. The molecule has 2 amide bonds. The standard InChI is InChI=1S/C25H23N5O2S/c26-24(31)16-5-3-11-30(15-16)23-10-9-17(14-27-23)28-25(32)19-13-21(22-8-4-12-33-22)29-20-7-2-1-6-18(19)20/h1-2,4,6-10,12-14,16H,3,5,11,15H2,(H2,26,31)(H,28,32). The lowest BCUT2D eigenvalue weighted by molar-refractivity contribution is -0.122. The molecule has 5 rings (SSSR count). The molecule has 3 N–H and O–H groups in total. The second-order valence-corrected chi connectivity index (χ2v) is 9.04. The number of hydrogen-bond acceptors (Lipinski definition) is 6. The molecule has 7 nitrogen and oxygen atoms in total. The molecule has 4 heterocycles. The van der Waals surface area contributed by atoms with E-state index < -0.39 is 0 Å². The van der Waals surface area contributed by atoms with Gasteiger partial charge in [-0.15, -0.1) is 11.3 Å². The van der Waals surface area contributed by atoms with E-state index in [1.165, 1.54) is 0 Å². The van der Waals surface area contributed by atoms with Gasteiger partial charge >= 0.3 is 0 Å². The van der Waals surface area contributed by atoms with Crippen LogP contribution in [0.25, 0.3) is 21.5 Å². The third-order valence-electron chi connectivity index (χ3n) is 5.89. The number of carbonyl (C=O) groups excluding carboxylic acids is 2. The van der Waals surface area contributed by atoms with Crippen molar-refractivity contribution in [2.24, 2.45) is 11.7 Å².